The highest BCUT2D eigenvalue weighted by Crippen LogP contribution is 2.27. The van der Waals surface area contributed by atoms with Crippen LogP contribution in [0.25, 0.3) is 0 Å². The fourth-order valence-corrected chi connectivity index (χ4v) is 4.97. The first-order valence-electron chi connectivity index (χ1n) is 14.3. The van der Waals surface area contributed by atoms with Crippen molar-refractivity contribution in [1.82, 2.24) is 21.3 Å². The molecule has 10 heteroatoms. The molecule has 0 bridgehead atoms. The number of benzene rings is 1. The van der Waals surface area contributed by atoms with Gasteiger partial charge in [-0.1, -0.05) is 39.8 Å². The lowest BCUT2D eigenvalue weighted by molar-refractivity contribution is -0.141. The standard InChI is InChI=1S/C30H44N4O6/c1-6-18(19-7-11-22(40-5)12-8-19)16-25(35)33-24(17-30(2,3)4)28(38)34-23(15-20-13-14-31-27(20)37)26(36)29(39)32-21-9-10-21/h7-8,11-12,18,20-21,23-24H,6,9-10,13-17H2,1-5H3,(H,31,37)(H,32,39)(H,33,35)(H,34,38)/t18?,20-,23?,24?/m0/s1. The molecule has 1 heterocycles. The number of ketones is 1. The summed E-state index contributed by atoms with van der Waals surface area (Å²) in [6.07, 6.45) is 3.42. The van der Waals surface area contributed by atoms with E-state index < -0.39 is 35.6 Å². The number of hydrogen-bond donors (Lipinski definition) is 4. The van der Waals surface area contributed by atoms with Gasteiger partial charge in [0.1, 0.15) is 11.8 Å². The van der Waals surface area contributed by atoms with Crippen molar-refractivity contribution in [2.24, 2.45) is 11.3 Å². The Morgan fingerprint density at radius 3 is 2.23 bits per heavy atom. The van der Waals surface area contributed by atoms with Crippen LogP contribution in [-0.2, 0) is 24.0 Å². The summed E-state index contributed by atoms with van der Waals surface area (Å²) in [6, 6.07) is 5.47. The highest BCUT2D eigenvalue weighted by molar-refractivity contribution is 6.38. The average molecular weight is 557 g/mol. The number of amides is 4. The van der Waals surface area contributed by atoms with Crippen LogP contribution >= 0.6 is 0 Å². The summed E-state index contributed by atoms with van der Waals surface area (Å²) < 4.78 is 5.23. The Morgan fingerprint density at radius 1 is 1.02 bits per heavy atom. The highest BCUT2D eigenvalue weighted by Gasteiger charge is 2.37. The van der Waals surface area contributed by atoms with E-state index in [1.807, 2.05) is 52.0 Å². The molecule has 2 aliphatic rings. The number of ether oxygens (including phenoxy) is 1. The second-order valence-electron chi connectivity index (χ2n) is 12.2. The molecule has 4 amide bonds. The topological polar surface area (TPSA) is 143 Å². The maximum atomic E-state index is 13.6. The van der Waals surface area contributed by atoms with E-state index >= 15 is 0 Å². The molecule has 1 aliphatic carbocycles. The van der Waals surface area contributed by atoms with Crippen molar-refractivity contribution in [3.05, 3.63) is 29.8 Å². The van der Waals surface area contributed by atoms with Crippen LogP contribution in [0.1, 0.15) is 84.1 Å². The zero-order valence-electron chi connectivity index (χ0n) is 24.3. The van der Waals surface area contributed by atoms with Crippen LogP contribution in [-0.4, -0.2) is 61.2 Å². The van der Waals surface area contributed by atoms with Crippen molar-refractivity contribution in [3.8, 4) is 5.75 Å². The van der Waals surface area contributed by atoms with Crippen molar-refractivity contribution in [1.29, 1.82) is 0 Å². The summed E-state index contributed by atoms with van der Waals surface area (Å²) in [5.41, 5.74) is 0.682. The minimum absolute atomic E-state index is 0.0206. The van der Waals surface area contributed by atoms with E-state index in [4.69, 9.17) is 4.74 Å². The molecule has 10 nitrogen and oxygen atoms in total. The summed E-state index contributed by atoms with van der Waals surface area (Å²) >= 11 is 0. The van der Waals surface area contributed by atoms with E-state index in [9.17, 15) is 24.0 Å². The Balaban J connectivity index is 1.72. The molecule has 1 aliphatic heterocycles. The second kappa shape index (κ2) is 13.8. The van der Waals surface area contributed by atoms with Gasteiger partial charge >= 0.3 is 0 Å². The third-order valence-electron chi connectivity index (χ3n) is 7.43. The smallest absolute Gasteiger partial charge is 0.289 e. The van der Waals surface area contributed by atoms with Crippen molar-refractivity contribution in [2.75, 3.05) is 13.7 Å². The molecule has 1 saturated carbocycles. The normalized spacial score (nSPS) is 19.1. The molecule has 0 spiro atoms. The molecule has 1 aromatic rings. The maximum Gasteiger partial charge on any atom is 0.289 e. The summed E-state index contributed by atoms with van der Waals surface area (Å²) in [5, 5.41) is 11.0. The van der Waals surface area contributed by atoms with Gasteiger partial charge in [-0.15, -0.1) is 0 Å². The van der Waals surface area contributed by atoms with Crippen LogP contribution in [0.3, 0.4) is 0 Å². The molecule has 3 unspecified atom stereocenters. The molecule has 1 saturated heterocycles. The molecule has 40 heavy (non-hydrogen) atoms. The molecular formula is C30H44N4O6. The van der Waals surface area contributed by atoms with Crippen LogP contribution in [0, 0.1) is 11.3 Å². The fraction of sp³-hybridized carbons (Fsp3) is 0.633. The zero-order chi connectivity index (χ0) is 29.4. The Hall–Kier alpha value is -3.43. The number of hydrogen-bond acceptors (Lipinski definition) is 6. The Kier molecular flexibility index (Phi) is 10.7. The van der Waals surface area contributed by atoms with Crippen LogP contribution < -0.4 is 26.0 Å². The predicted molar refractivity (Wildman–Crippen MR) is 150 cm³/mol. The lowest BCUT2D eigenvalue weighted by Crippen LogP contribution is -2.55. The number of rotatable bonds is 14. The van der Waals surface area contributed by atoms with E-state index in [2.05, 4.69) is 21.3 Å². The largest absolute Gasteiger partial charge is 0.497 e. The van der Waals surface area contributed by atoms with Crippen molar-refractivity contribution < 1.29 is 28.7 Å². The second-order valence-corrected chi connectivity index (χ2v) is 12.2. The van der Waals surface area contributed by atoms with Crippen LogP contribution in [0.5, 0.6) is 5.75 Å². The fourth-order valence-electron chi connectivity index (χ4n) is 4.97. The number of carbonyl (C=O) groups excluding carboxylic acids is 5. The highest BCUT2D eigenvalue weighted by atomic mass is 16.5. The third kappa shape index (κ3) is 9.34. The van der Waals surface area contributed by atoms with E-state index in [1.54, 1.807) is 7.11 Å². The first-order valence-corrected chi connectivity index (χ1v) is 14.3. The van der Waals surface area contributed by atoms with Gasteiger partial charge < -0.3 is 26.0 Å². The van der Waals surface area contributed by atoms with Gasteiger partial charge in [-0.3, -0.25) is 24.0 Å². The van der Waals surface area contributed by atoms with Gasteiger partial charge in [0.15, 0.2) is 0 Å². The SMILES string of the molecule is CCC(CC(=O)NC(CC(C)(C)C)C(=O)NC(C[C@@H]1CCNC1=O)C(=O)C(=O)NC1CC1)c1ccc(OC)cc1. The molecule has 220 valence electrons. The van der Waals surface area contributed by atoms with Crippen molar-refractivity contribution in [3.63, 3.8) is 0 Å². The zero-order valence-corrected chi connectivity index (χ0v) is 24.3. The van der Waals surface area contributed by atoms with Gasteiger partial charge in [0.2, 0.25) is 23.5 Å². The lowest BCUT2D eigenvalue weighted by atomic mass is 9.87. The molecule has 0 radical (unpaired) electrons. The summed E-state index contributed by atoms with van der Waals surface area (Å²) in [6.45, 7) is 8.37. The van der Waals surface area contributed by atoms with Gasteiger partial charge in [-0.05, 0) is 67.6 Å². The number of methoxy groups -OCH3 is 1. The van der Waals surface area contributed by atoms with Crippen LogP contribution in [0.2, 0.25) is 0 Å². The quantitative estimate of drug-likeness (QED) is 0.259. The monoisotopic (exact) mass is 556 g/mol. The molecule has 4 N–H and O–H groups in total. The Bertz CT molecular complexity index is 1080. The van der Waals surface area contributed by atoms with E-state index in [-0.39, 0.29) is 42.0 Å². The van der Waals surface area contributed by atoms with Crippen LogP contribution in [0.4, 0.5) is 0 Å². The van der Waals surface area contributed by atoms with Crippen molar-refractivity contribution >= 4 is 29.4 Å². The number of carbonyl (C=O) groups is 5. The van der Waals surface area contributed by atoms with Gasteiger partial charge in [-0.2, -0.15) is 0 Å². The molecule has 1 aromatic carbocycles. The Morgan fingerprint density at radius 2 is 1.70 bits per heavy atom. The lowest BCUT2D eigenvalue weighted by Gasteiger charge is -2.29. The van der Waals surface area contributed by atoms with E-state index in [1.165, 1.54) is 0 Å². The first-order chi connectivity index (χ1) is 18.9. The van der Waals surface area contributed by atoms with Gasteiger partial charge in [0, 0.05) is 24.9 Å². The number of nitrogens with one attached hydrogen (secondary N) is 4. The minimum atomic E-state index is -1.16. The van der Waals surface area contributed by atoms with Crippen molar-refractivity contribution in [2.45, 2.75) is 96.7 Å². The molecule has 0 aromatic heterocycles. The summed E-state index contributed by atoms with van der Waals surface area (Å²) in [5.74, 6) is -2.35. The summed E-state index contributed by atoms with van der Waals surface area (Å²) in [4.78, 5) is 64.7. The Labute approximate surface area is 236 Å². The van der Waals surface area contributed by atoms with Gasteiger partial charge in [0.25, 0.3) is 5.91 Å². The summed E-state index contributed by atoms with van der Waals surface area (Å²) in [7, 11) is 1.60. The predicted octanol–water partition coefficient (Wildman–Crippen LogP) is 2.36. The first kappa shape index (κ1) is 31.1. The van der Waals surface area contributed by atoms with E-state index in [0.29, 0.717) is 19.4 Å². The molecule has 2 fully saturated rings. The molecule has 3 rings (SSSR count). The van der Waals surface area contributed by atoms with Gasteiger partial charge in [-0.25, -0.2) is 0 Å². The number of Topliss-reactive ketones (excluding diaryl/α,β-unsaturated/α-hetero) is 1. The average Bonchev–Trinajstić information content (AvgIpc) is 3.63. The maximum absolute atomic E-state index is 13.6. The van der Waals surface area contributed by atoms with Crippen LogP contribution in [0.15, 0.2) is 24.3 Å². The van der Waals surface area contributed by atoms with E-state index in [0.717, 1.165) is 30.6 Å². The minimum Gasteiger partial charge on any atom is -0.497 e. The molecular weight excluding hydrogens is 512 g/mol. The third-order valence-corrected chi connectivity index (χ3v) is 7.43. The molecule has 4 atom stereocenters. The van der Waals surface area contributed by atoms with Gasteiger partial charge in [0.05, 0.1) is 13.2 Å².